The third kappa shape index (κ3) is 4.16. The van der Waals surface area contributed by atoms with E-state index in [-0.39, 0.29) is 0 Å². The molecule has 2 atom stereocenters. The predicted octanol–water partition coefficient (Wildman–Crippen LogP) is 7.37. The van der Waals surface area contributed by atoms with Gasteiger partial charge in [-0.25, -0.2) is 0 Å². The second-order valence-corrected chi connectivity index (χ2v) is 9.76. The summed E-state index contributed by atoms with van der Waals surface area (Å²) in [7, 11) is 0. The maximum absolute atomic E-state index is 1.63. The van der Waals surface area contributed by atoms with Gasteiger partial charge in [0.15, 0.2) is 0 Å². The molecule has 0 radical (unpaired) electrons. The highest BCUT2D eigenvalue weighted by Crippen LogP contribution is 2.52. The van der Waals surface area contributed by atoms with E-state index in [9.17, 15) is 0 Å². The highest BCUT2D eigenvalue weighted by Gasteiger charge is 2.42. The van der Waals surface area contributed by atoms with Gasteiger partial charge in [-0.3, -0.25) is 0 Å². The molecule has 0 nitrogen and oxygen atoms in total. The fourth-order valence-corrected chi connectivity index (χ4v) is 6.94. The summed E-state index contributed by atoms with van der Waals surface area (Å²) in [5, 5.41) is 0. The van der Waals surface area contributed by atoms with Crippen LogP contribution in [0.3, 0.4) is 0 Å². The highest BCUT2D eigenvalue weighted by molar-refractivity contribution is 4.92. The maximum atomic E-state index is 1.63. The van der Waals surface area contributed by atoms with E-state index in [1.54, 1.807) is 96.3 Å². The first-order chi connectivity index (χ1) is 11.4. The smallest absolute Gasteiger partial charge is 0.0326 e. The van der Waals surface area contributed by atoms with Crippen molar-refractivity contribution in [3.8, 4) is 0 Å². The minimum absolute atomic E-state index is 1.12. The molecule has 4 rings (SSSR count). The van der Waals surface area contributed by atoms with Gasteiger partial charge in [0.2, 0.25) is 0 Å². The van der Waals surface area contributed by atoms with E-state index >= 15 is 0 Å². The molecule has 4 fully saturated rings. The lowest BCUT2D eigenvalue weighted by Crippen LogP contribution is -2.38. The Hall–Kier alpha value is 0. The molecule has 0 N–H and O–H groups in total. The first-order valence-electron chi connectivity index (χ1n) is 11.4. The van der Waals surface area contributed by atoms with Crippen LogP contribution in [-0.2, 0) is 0 Å². The molecule has 0 spiro atoms. The molecule has 4 aliphatic carbocycles. The largest absolute Gasteiger partial charge is 0.0533 e. The summed E-state index contributed by atoms with van der Waals surface area (Å²) in [6.07, 6.45) is 26.7. The van der Waals surface area contributed by atoms with Gasteiger partial charge in [-0.15, -0.1) is 0 Å². The SMILES string of the molecule is C1CCC(C(C2CCCCC2)C2CCCCC2CC2CC2)CC1. The predicted molar refractivity (Wildman–Crippen MR) is 99.4 cm³/mol. The molecule has 0 aromatic carbocycles. The van der Waals surface area contributed by atoms with Gasteiger partial charge < -0.3 is 0 Å². The van der Waals surface area contributed by atoms with Crippen LogP contribution < -0.4 is 0 Å². The minimum atomic E-state index is 1.12. The van der Waals surface area contributed by atoms with Gasteiger partial charge in [-0.05, 0) is 48.3 Å². The summed E-state index contributed by atoms with van der Waals surface area (Å²) in [6, 6.07) is 0. The van der Waals surface area contributed by atoms with Crippen molar-refractivity contribution in [2.45, 2.75) is 109 Å². The maximum Gasteiger partial charge on any atom is -0.0326 e. The molecular formula is C23H40. The van der Waals surface area contributed by atoms with Crippen molar-refractivity contribution in [1.82, 2.24) is 0 Å². The fraction of sp³-hybridized carbons (Fsp3) is 1.00. The van der Waals surface area contributed by atoms with Crippen molar-refractivity contribution in [1.29, 1.82) is 0 Å². The van der Waals surface area contributed by atoms with Crippen LogP contribution in [0.4, 0.5) is 0 Å². The average Bonchev–Trinajstić information content (AvgIpc) is 3.43. The van der Waals surface area contributed by atoms with E-state index < -0.39 is 0 Å². The van der Waals surface area contributed by atoms with Crippen molar-refractivity contribution in [3.05, 3.63) is 0 Å². The Kier molecular flexibility index (Phi) is 5.67. The number of hydrogen-bond acceptors (Lipinski definition) is 0. The Morgan fingerprint density at radius 3 is 1.61 bits per heavy atom. The van der Waals surface area contributed by atoms with E-state index in [1.165, 1.54) is 12.8 Å². The van der Waals surface area contributed by atoms with Crippen molar-refractivity contribution >= 4 is 0 Å². The minimum Gasteiger partial charge on any atom is -0.0533 e. The van der Waals surface area contributed by atoms with Crippen LogP contribution in [0.2, 0.25) is 0 Å². The lowest BCUT2D eigenvalue weighted by Gasteiger charge is -2.47. The van der Waals surface area contributed by atoms with Crippen LogP contribution >= 0.6 is 0 Å². The van der Waals surface area contributed by atoms with Crippen molar-refractivity contribution in [2.75, 3.05) is 0 Å². The molecule has 4 saturated carbocycles. The number of rotatable bonds is 5. The second-order valence-electron chi connectivity index (χ2n) is 9.76. The van der Waals surface area contributed by atoms with Crippen molar-refractivity contribution < 1.29 is 0 Å². The van der Waals surface area contributed by atoms with Gasteiger partial charge in [0.25, 0.3) is 0 Å². The zero-order chi connectivity index (χ0) is 15.5. The number of hydrogen-bond donors (Lipinski definition) is 0. The van der Waals surface area contributed by atoms with Gasteiger partial charge in [0.05, 0.1) is 0 Å². The van der Waals surface area contributed by atoms with E-state index in [2.05, 4.69) is 0 Å². The molecule has 23 heavy (non-hydrogen) atoms. The zero-order valence-corrected chi connectivity index (χ0v) is 15.5. The summed E-state index contributed by atoms with van der Waals surface area (Å²) in [5.41, 5.74) is 0. The highest BCUT2D eigenvalue weighted by atomic mass is 14.5. The third-order valence-electron chi connectivity index (χ3n) is 8.18. The van der Waals surface area contributed by atoms with Crippen LogP contribution in [0.25, 0.3) is 0 Å². The van der Waals surface area contributed by atoms with Gasteiger partial charge in [-0.2, -0.15) is 0 Å². The molecule has 4 aliphatic rings. The first kappa shape index (κ1) is 16.5. The molecule has 132 valence electrons. The molecule has 0 heteroatoms. The molecular weight excluding hydrogens is 276 g/mol. The molecule has 0 aromatic rings. The molecule has 0 saturated heterocycles. The van der Waals surface area contributed by atoms with E-state index in [0.29, 0.717) is 0 Å². The lowest BCUT2D eigenvalue weighted by atomic mass is 9.58. The Labute approximate surface area is 145 Å². The van der Waals surface area contributed by atoms with E-state index in [1.807, 2.05) is 0 Å². The summed E-state index contributed by atoms with van der Waals surface area (Å²) < 4.78 is 0. The van der Waals surface area contributed by atoms with E-state index in [0.717, 1.165) is 35.5 Å². The quantitative estimate of drug-likeness (QED) is 0.496. The van der Waals surface area contributed by atoms with Crippen LogP contribution in [0, 0.1) is 35.5 Å². The molecule has 0 heterocycles. The topological polar surface area (TPSA) is 0 Å². The van der Waals surface area contributed by atoms with Gasteiger partial charge in [0, 0.05) is 0 Å². The lowest BCUT2D eigenvalue weighted by molar-refractivity contribution is 0.0297. The molecule has 0 aliphatic heterocycles. The summed E-state index contributed by atoms with van der Waals surface area (Å²) >= 11 is 0. The average molecular weight is 317 g/mol. The molecule has 0 aromatic heterocycles. The summed E-state index contributed by atoms with van der Waals surface area (Å²) in [6.45, 7) is 0. The fourth-order valence-electron chi connectivity index (χ4n) is 6.94. The molecule has 2 unspecified atom stereocenters. The van der Waals surface area contributed by atoms with Gasteiger partial charge in [-0.1, -0.05) is 96.3 Å². The third-order valence-corrected chi connectivity index (χ3v) is 8.18. The normalized spacial score (nSPS) is 34.8. The Morgan fingerprint density at radius 1 is 0.522 bits per heavy atom. The first-order valence-corrected chi connectivity index (χ1v) is 11.4. The van der Waals surface area contributed by atoms with E-state index in [4.69, 9.17) is 0 Å². The van der Waals surface area contributed by atoms with Crippen molar-refractivity contribution in [2.24, 2.45) is 35.5 Å². The van der Waals surface area contributed by atoms with Crippen LogP contribution in [0.5, 0.6) is 0 Å². The van der Waals surface area contributed by atoms with Gasteiger partial charge in [0.1, 0.15) is 0 Å². The molecule has 0 amide bonds. The standard InChI is InChI=1S/C23H40/c1-3-9-19(10-4-1)23(20-11-5-2-6-12-20)22-14-8-7-13-21(22)17-18-15-16-18/h18-23H,1-17H2. The van der Waals surface area contributed by atoms with Crippen LogP contribution in [0.1, 0.15) is 109 Å². The van der Waals surface area contributed by atoms with Crippen molar-refractivity contribution in [3.63, 3.8) is 0 Å². The Balaban J connectivity index is 1.50. The molecule has 0 bridgehead atoms. The zero-order valence-electron chi connectivity index (χ0n) is 15.5. The van der Waals surface area contributed by atoms with Crippen LogP contribution in [-0.4, -0.2) is 0 Å². The summed E-state index contributed by atoms with van der Waals surface area (Å²) in [5.74, 6) is 6.80. The second kappa shape index (κ2) is 7.92. The van der Waals surface area contributed by atoms with Crippen LogP contribution in [0.15, 0.2) is 0 Å². The monoisotopic (exact) mass is 316 g/mol. The Morgan fingerprint density at radius 2 is 1.04 bits per heavy atom. The Bertz CT molecular complexity index is 325. The van der Waals surface area contributed by atoms with Gasteiger partial charge >= 0.3 is 0 Å². The summed E-state index contributed by atoms with van der Waals surface area (Å²) in [4.78, 5) is 0.